The number of cyclic esters (lactones) is 1. The van der Waals surface area contributed by atoms with Gasteiger partial charge in [-0.05, 0) is 79.4 Å². The van der Waals surface area contributed by atoms with Crippen LogP contribution >= 0.6 is 0 Å². The molecule has 4 unspecified atom stereocenters. The van der Waals surface area contributed by atoms with Gasteiger partial charge in [-0.25, -0.2) is 0 Å². The zero-order chi connectivity index (χ0) is 24.8. The molecule has 0 aromatic carbocycles. The highest BCUT2D eigenvalue weighted by atomic mass is 16.6. The minimum absolute atomic E-state index is 0.000693. The quantitative estimate of drug-likeness (QED) is 0.533. The Labute approximate surface area is 205 Å². The van der Waals surface area contributed by atoms with Crippen LogP contribution in [0.2, 0.25) is 0 Å². The summed E-state index contributed by atoms with van der Waals surface area (Å²) in [5.74, 6) is 0.0648. The molecule has 1 heterocycles. The van der Waals surface area contributed by atoms with E-state index >= 15 is 0 Å². The summed E-state index contributed by atoms with van der Waals surface area (Å²) in [6, 6.07) is 0. The highest BCUT2D eigenvalue weighted by Gasteiger charge is 2.73. The lowest BCUT2D eigenvalue weighted by Crippen LogP contribution is -2.69. The van der Waals surface area contributed by atoms with Gasteiger partial charge < -0.3 is 14.6 Å². The summed E-state index contributed by atoms with van der Waals surface area (Å²) < 4.78 is 11.9. The molecule has 5 heteroatoms. The molecule has 5 aliphatic rings. The summed E-state index contributed by atoms with van der Waals surface area (Å²) >= 11 is 0. The first-order chi connectivity index (χ1) is 15.8. The van der Waals surface area contributed by atoms with Crippen molar-refractivity contribution in [3.63, 3.8) is 0 Å². The van der Waals surface area contributed by atoms with E-state index in [0.29, 0.717) is 23.7 Å². The maximum absolute atomic E-state index is 13.3. The molecule has 1 aliphatic heterocycles. The van der Waals surface area contributed by atoms with Gasteiger partial charge in [0.05, 0.1) is 12.0 Å². The molecular formula is C29H46O5. The fourth-order valence-electron chi connectivity index (χ4n) is 11.0. The lowest BCUT2D eigenvalue weighted by molar-refractivity contribution is -0.263. The number of aliphatic hydroxyl groups excluding tert-OH is 1. The van der Waals surface area contributed by atoms with Crippen molar-refractivity contribution >= 4 is 11.9 Å². The van der Waals surface area contributed by atoms with E-state index in [-0.39, 0.29) is 46.8 Å². The Balaban J connectivity index is 1.63. The molecule has 5 nitrogen and oxygen atoms in total. The van der Waals surface area contributed by atoms with Crippen LogP contribution in [0.5, 0.6) is 0 Å². The largest absolute Gasteiger partial charge is 0.462 e. The first-order valence-corrected chi connectivity index (χ1v) is 13.9. The van der Waals surface area contributed by atoms with Crippen LogP contribution in [0.4, 0.5) is 0 Å². The average Bonchev–Trinajstić information content (AvgIpc) is 3.06. The molecule has 0 aromatic heterocycles. The van der Waals surface area contributed by atoms with Crippen molar-refractivity contribution in [1.29, 1.82) is 0 Å². The standard InChI is InChI=1S/C29H46O5/c1-8-26(4)11-9-12-27(5)19(26)10-13-28(6)20(27)15-22(34-17(3)30)29(7)21(28)14-18(31)23-16(2)33-25(32)24(23)29/h16,18-24,31H,8-15H2,1-7H3/t16?,18-,19?,20?,21?,22-,23+,24+,26-,27-,28+,29+/m0/s1. The van der Waals surface area contributed by atoms with Crippen LogP contribution in [-0.4, -0.2) is 35.4 Å². The number of aliphatic hydroxyl groups is 1. The Bertz CT molecular complexity index is 871. The second-order valence-electron chi connectivity index (χ2n) is 13.8. The van der Waals surface area contributed by atoms with Crippen LogP contribution in [0.3, 0.4) is 0 Å². The van der Waals surface area contributed by atoms with Gasteiger partial charge in [-0.2, -0.15) is 0 Å². The van der Waals surface area contributed by atoms with Crippen LogP contribution in [-0.2, 0) is 19.1 Å². The van der Waals surface area contributed by atoms with Crippen molar-refractivity contribution in [3.05, 3.63) is 0 Å². The van der Waals surface area contributed by atoms with Crippen LogP contribution in [0.15, 0.2) is 0 Å². The molecule has 0 amide bonds. The summed E-state index contributed by atoms with van der Waals surface area (Å²) in [4.78, 5) is 25.7. The van der Waals surface area contributed by atoms with Gasteiger partial charge in [0.1, 0.15) is 12.2 Å². The Kier molecular flexibility index (Phi) is 5.57. The first kappa shape index (κ1) is 24.6. The summed E-state index contributed by atoms with van der Waals surface area (Å²) in [7, 11) is 0. The van der Waals surface area contributed by atoms with E-state index in [1.165, 1.54) is 39.0 Å². The monoisotopic (exact) mass is 474 g/mol. The zero-order valence-electron chi connectivity index (χ0n) is 22.4. The highest BCUT2D eigenvalue weighted by molar-refractivity contribution is 5.77. The molecule has 12 atom stereocenters. The minimum Gasteiger partial charge on any atom is -0.462 e. The lowest BCUT2D eigenvalue weighted by Gasteiger charge is -2.71. The van der Waals surface area contributed by atoms with Crippen LogP contribution < -0.4 is 0 Å². The van der Waals surface area contributed by atoms with Gasteiger partial charge >= 0.3 is 11.9 Å². The molecule has 192 valence electrons. The van der Waals surface area contributed by atoms with Gasteiger partial charge in [0.25, 0.3) is 0 Å². The molecule has 4 aliphatic carbocycles. The molecule has 1 N–H and O–H groups in total. The Morgan fingerprint density at radius 2 is 1.74 bits per heavy atom. The maximum Gasteiger partial charge on any atom is 0.310 e. The molecule has 5 rings (SSSR count). The van der Waals surface area contributed by atoms with Crippen LogP contribution in [0.25, 0.3) is 0 Å². The molecular weight excluding hydrogens is 428 g/mol. The molecule has 4 saturated carbocycles. The van der Waals surface area contributed by atoms with Gasteiger partial charge in [0.15, 0.2) is 0 Å². The van der Waals surface area contributed by atoms with E-state index in [9.17, 15) is 14.7 Å². The van der Waals surface area contributed by atoms with Gasteiger partial charge in [0.2, 0.25) is 0 Å². The van der Waals surface area contributed by atoms with Crippen LogP contribution in [0, 0.1) is 51.2 Å². The van der Waals surface area contributed by atoms with Gasteiger partial charge in [-0.1, -0.05) is 47.5 Å². The average molecular weight is 475 g/mol. The molecule has 0 bridgehead atoms. The number of esters is 2. The van der Waals surface area contributed by atoms with Crippen molar-refractivity contribution in [2.75, 3.05) is 0 Å². The summed E-state index contributed by atoms with van der Waals surface area (Å²) in [6.07, 6.45) is 7.60. The smallest absolute Gasteiger partial charge is 0.310 e. The third-order valence-electron chi connectivity index (χ3n) is 12.5. The van der Waals surface area contributed by atoms with Crippen molar-refractivity contribution in [2.24, 2.45) is 51.2 Å². The van der Waals surface area contributed by atoms with Gasteiger partial charge in [-0.15, -0.1) is 0 Å². The van der Waals surface area contributed by atoms with Crippen molar-refractivity contribution in [3.8, 4) is 0 Å². The predicted octanol–water partition coefficient (Wildman–Crippen LogP) is 5.53. The van der Waals surface area contributed by atoms with Crippen molar-refractivity contribution in [2.45, 2.75) is 118 Å². The molecule has 34 heavy (non-hydrogen) atoms. The van der Waals surface area contributed by atoms with E-state index in [0.717, 1.165) is 12.8 Å². The van der Waals surface area contributed by atoms with Crippen molar-refractivity contribution < 1.29 is 24.2 Å². The Morgan fingerprint density at radius 1 is 1.06 bits per heavy atom. The molecule has 0 aromatic rings. The highest BCUT2D eigenvalue weighted by Crippen LogP contribution is 2.74. The normalized spacial score (nSPS) is 56.4. The first-order valence-electron chi connectivity index (χ1n) is 13.9. The third-order valence-corrected chi connectivity index (χ3v) is 12.5. The number of ether oxygens (including phenoxy) is 2. The minimum atomic E-state index is -0.559. The second kappa shape index (κ2) is 7.70. The zero-order valence-corrected chi connectivity index (χ0v) is 22.4. The SMILES string of the molecule is CC[C@@]1(C)CCC[C@@]2(C)C1CC[C@]1(C)C2C[C@H](OC(C)=O)[C@@]2(C)C1C[C@H](O)[C@H]1C(C)OC(=O)[C@@H]12. The summed E-state index contributed by atoms with van der Waals surface area (Å²) in [6.45, 7) is 15.4. The van der Waals surface area contributed by atoms with E-state index in [4.69, 9.17) is 9.47 Å². The predicted molar refractivity (Wildman–Crippen MR) is 130 cm³/mol. The third kappa shape index (κ3) is 3.00. The van der Waals surface area contributed by atoms with Gasteiger partial charge in [-0.3, -0.25) is 9.59 Å². The number of rotatable bonds is 2. The van der Waals surface area contributed by atoms with E-state index in [1.54, 1.807) is 0 Å². The molecule has 0 spiro atoms. The maximum atomic E-state index is 13.3. The molecule has 0 radical (unpaired) electrons. The fraction of sp³-hybridized carbons (Fsp3) is 0.931. The number of carbonyl (C=O) groups excluding carboxylic acids is 2. The molecule has 1 saturated heterocycles. The Morgan fingerprint density at radius 3 is 2.38 bits per heavy atom. The number of hydrogen-bond donors (Lipinski definition) is 1. The van der Waals surface area contributed by atoms with E-state index in [2.05, 4.69) is 34.6 Å². The topological polar surface area (TPSA) is 72.8 Å². The summed E-state index contributed by atoms with van der Waals surface area (Å²) in [5, 5.41) is 11.4. The lowest BCUT2D eigenvalue weighted by atomic mass is 9.33. The molecule has 5 fully saturated rings. The number of hydrogen-bond acceptors (Lipinski definition) is 5. The number of fused-ring (bicyclic) bond motifs is 7. The van der Waals surface area contributed by atoms with Gasteiger partial charge in [0, 0.05) is 18.3 Å². The Hall–Kier alpha value is -1.10. The van der Waals surface area contributed by atoms with Crippen LogP contribution in [0.1, 0.15) is 99.8 Å². The summed E-state index contributed by atoms with van der Waals surface area (Å²) in [5.41, 5.74) is 0.0180. The van der Waals surface area contributed by atoms with E-state index < -0.39 is 17.4 Å². The number of carbonyl (C=O) groups is 2. The van der Waals surface area contributed by atoms with Crippen molar-refractivity contribution in [1.82, 2.24) is 0 Å². The fourth-order valence-corrected chi connectivity index (χ4v) is 11.0. The van der Waals surface area contributed by atoms with E-state index in [1.807, 2.05) is 6.92 Å². The second-order valence-corrected chi connectivity index (χ2v) is 13.8.